The molecule has 246 valence electrons. The van der Waals surface area contributed by atoms with Crippen molar-refractivity contribution < 1.29 is 15.7 Å². The number of methoxy groups -OCH3 is 1. The average molecular weight is 615 g/mol. The summed E-state index contributed by atoms with van der Waals surface area (Å²) in [6.45, 7) is 19.8. The minimum absolute atomic E-state index is 0. The molecule has 0 spiro atoms. The monoisotopic (exact) mass is 614 g/mol. The molecule has 5 nitrogen and oxygen atoms in total. The molecule has 2 aromatic rings. The van der Waals surface area contributed by atoms with Gasteiger partial charge in [-0.15, -0.1) is 5.73 Å². The molecule has 45 heavy (non-hydrogen) atoms. The largest absolute Gasteiger partial charge is 0.456 e. The van der Waals surface area contributed by atoms with Crippen LogP contribution < -0.4 is 25.4 Å². The zero-order chi connectivity index (χ0) is 33.2. The van der Waals surface area contributed by atoms with E-state index in [0.29, 0.717) is 0 Å². The molecule has 1 N–H and O–H groups in total. The highest BCUT2D eigenvalue weighted by Gasteiger charge is 2.22. The van der Waals surface area contributed by atoms with Crippen LogP contribution in [-0.2, 0) is 4.74 Å². The molecule has 1 aliphatic heterocycles. The van der Waals surface area contributed by atoms with Crippen molar-refractivity contribution in [2.75, 3.05) is 31.6 Å². The number of amides is 1. The predicted molar refractivity (Wildman–Crippen MR) is 195 cm³/mol. The second-order valence-corrected chi connectivity index (χ2v) is 10.7. The lowest BCUT2D eigenvalue weighted by atomic mass is 9.91. The number of carbonyl (C=O) groups is 1. The van der Waals surface area contributed by atoms with E-state index in [4.69, 9.17) is 4.74 Å². The molecule has 4 rings (SSSR count). The first-order chi connectivity index (χ1) is 21.9. The van der Waals surface area contributed by atoms with E-state index in [1.54, 1.807) is 0 Å². The Hall–Kier alpha value is -3.95. The Morgan fingerprint density at radius 2 is 1.67 bits per heavy atom. The van der Waals surface area contributed by atoms with Crippen LogP contribution in [0.5, 0.6) is 11.5 Å². The van der Waals surface area contributed by atoms with Crippen LogP contribution >= 0.6 is 0 Å². The summed E-state index contributed by atoms with van der Waals surface area (Å²) in [4.78, 5) is 13.0. The van der Waals surface area contributed by atoms with Gasteiger partial charge in [0.25, 0.3) is 0 Å². The van der Waals surface area contributed by atoms with Crippen LogP contribution in [0.4, 0.5) is 10.5 Å². The van der Waals surface area contributed by atoms with Crippen molar-refractivity contribution in [3.05, 3.63) is 94.1 Å². The van der Waals surface area contributed by atoms with E-state index in [2.05, 4.69) is 117 Å². The maximum atomic E-state index is 10.6. The van der Waals surface area contributed by atoms with Crippen molar-refractivity contribution in [1.82, 2.24) is 5.32 Å². The van der Waals surface area contributed by atoms with Crippen molar-refractivity contribution in [1.29, 1.82) is 0 Å². The van der Waals surface area contributed by atoms with E-state index in [9.17, 15) is 4.79 Å². The summed E-state index contributed by atoms with van der Waals surface area (Å²) in [5.74, 6) is 2.58. The molecule has 1 amide bonds. The van der Waals surface area contributed by atoms with Crippen molar-refractivity contribution in [3.63, 3.8) is 0 Å². The zero-order valence-electron chi connectivity index (χ0n) is 29.3. The Balaban J connectivity index is 0.000000601. The van der Waals surface area contributed by atoms with Gasteiger partial charge in [0.1, 0.15) is 11.5 Å². The minimum Gasteiger partial charge on any atom is -0.456 e. The summed E-state index contributed by atoms with van der Waals surface area (Å²) in [5, 5.41) is 5.08. The number of rotatable bonds is 11. The first kappa shape index (κ1) is 37.2. The molecule has 0 atom stereocenters. The Morgan fingerprint density at radius 3 is 2.29 bits per heavy atom. The molecule has 0 bridgehead atoms. The van der Waals surface area contributed by atoms with Gasteiger partial charge in [0, 0.05) is 49.2 Å². The summed E-state index contributed by atoms with van der Waals surface area (Å²) in [7, 11) is 1.38. The fourth-order valence-electron chi connectivity index (χ4n) is 5.61. The number of benzene rings is 2. The minimum atomic E-state index is -0.332. The van der Waals surface area contributed by atoms with Gasteiger partial charge < -0.3 is 19.7 Å². The third-order valence-corrected chi connectivity index (χ3v) is 8.36. The van der Waals surface area contributed by atoms with Crippen LogP contribution in [0.3, 0.4) is 0 Å². The van der Waals surface area contributed by atoms with E-state index >= 15 is 0 Å². The molecule has 0 saturated heterocycles. The number of alkyl carbamates (subject to hydrolysis) is 1. The quantitative estimate of drug-likeness (QED) is 0.256. The molecular weight excluding hydrogens is 556 g/mol. The number of anilines is 1. The lowest BCUT2D eigenvalue weighted by Gasteiger charge is -2.26. The molecule has 5 heteroatoms. The lowest BCUT2D eigenvalue weighted by molar-refractivity contribution is 0.170. The summed E-state index contributed by atoms with van der Waals surface area (Å²) in [5.41, 5.74) is 9.41. The molecule has 0 aromatic heterocycles. The first-order valence-corrected chi connectivity index (χ1v) is 17.0. The summed E-state index contributed by atoms with van der Waals surface area (Å²) in [6, 6.07) is 13.3. The normalized spacial score (nSPS) is 12.3. The fourth-order valence-corrected chi connectivity index (χ4v) is 5.61. The number of nitrogens with zero attached hydrogens (tertiary/aromatic N) is 1. The standard InChI is InChI=1S/C29H31NO.C9H19NO2.C2H6.H2/c1-5-21(6-2)23-15-17-25-27(19-23)31-28-20-24(30(7-3)8-4)16-18-26(28)29(25)22-13-11-9-10-12-14-22;1-4-8(5-2)6-7-10-9(11)12-3;1-2;/h9-11,13-20H,5-8H2,1-4H3;8H,4-7H2,1-3H3,(H,10,11);1-2H3;1H. The SMILES string of the molecule is CC.CCC(CC)=c1ccc2c(c1)Oc1cc(N(CC)CC)ccc1C=2C1=CC=CC=C=C1.CCC(CC)CCNC(=O)OC.[HH]. The van der Waals surface area contributed by atoms with Gasteiger partial charge in [-0.1, -0.05) is 84.3 Å². The molecule has 0 saturated carbocycles. The predicted octanol–water partition coefficient (Wildman–Crippen LogP) is 9.46. The topological polar surface area (TPSA) is 50.8 Å². The highest BCUT2D eigenvalue weighted by Crippen LogP contribution is 2.38. The number of nitrogens with one attached hydrogen (secondary N) is 1. The Kier molecular flexibility index (Phi) is 16.7. The molecule has 2 aromatic carbocycles. The van der Waals surface area contributed by atoms with Crippen LogP contribution in [0, 0.1) is 5.92 Å². The summed E-state index contributed by atoms with van der Waals surface area (Å²) in [6.07, 6.45) is 15.4. The van der Waals surface area contributed by atoms with E-state index < -0.39 is 0 Å². The molecule has 0 fully saturated rings. The van der Waals surface area contributed by atoms with Crippen LogP contribution in [0.2, 0.25) is 0 Å². The summed E-state index contributed by atoms with van der Waals surface area (Å²) >= 11 is 0. The Bertz CT molecular complexity index is 1480. The third kappa shape index (κ3) is 10.3. The van der Waals surface area contributed by atoms with Crippen LogP contribution in [0.15, 0.2) is 78.1 Å². The van der Waals surface area contributed by atoms with Crippen molar-refractivity contribution in [2.24, 2.45) is 5.92 Å². The van der Waals surface area contributed by atoms with Gasteiger partial charge in [-0.3, -0.25) is 0 Å². The van der Waals surface area contributed by atoms with Gasteiger partial charge in [-0.2, -0.15) is 0 Å². The maximum absolute atomic E-state index is 10.6. The van der Waals surface area contributed by atoms with E-state index in [0.717, 1.165) is 72.7 Å². The molecule has 1 heterocycles. The van der Waals surface area contributed by atoms with Crippen LogP contribution in [-0.4, -0.2) is 32.8 Å². The Labute approximate surface area is 274 Å². The molecule has 2 aliphatic rings. The van der Waals surface area contributed by atoms with Crippen molar-refractivity contribution >= 4 is 22.9 Å². The van der Waals surface area contributed by atoms with Gasteiger partial charge in [-0.25, -0.2) is 4.79 Å². The van der Waals surface area contributed by atoms with Gasteiger partial charge in [0.15, 0.2) is 0 Å². The van der Waals surface area contributed by atoms with Gasteiger partial charge in [-0.05, 0) is 86.2 Å². The third-order valence-electron chi connectivity index (χ3n) is 8.36. The second-order valence-electron chi connectivity index (χ2n) is 10.7. The summed E-state index contributed by atoms with van der Waals surface area (Å²) < 4.78 is 11.0. The number of hydrogen-bond donors (Lipinski definition) is 1. The van der Waals surface area contributed by atoms with Gasteiger partial charge >= 0.3 is 6.09 Å². The number of ether oxygens (including phenoxy) is 2. The van der Waals surface area contributed by atoms with E-state index in [1.165, 1.54) is 42.0 Å². The molecular formula is C40H58N2O3. The van der Waals surface area contributed by atoms with E-state index in [-0.39, 0.29) is 7.52 Å². The maximum Gasteiger partial charge on any atom is 0.406 e. The smallest absolute Gasteiger partial charge is 0.406 e. The van der Waals surface area contributed by atoms with E-state index in [1.807, 2.05) is 26.0 Å². The van der Waals surface area contributed by atoms with Gasteiger partial charge in [0.2, 0.25) is 0 Å². The number of carbonyl (C=O) groups excluding carboxylic acids is 1. The van der Waals surface area contributed by atoms with Crippen LogP contribution in [0.1, 0.15) is 94.5 Å². The first-order valence-electron chi connectivity index (χ1n) is 17.0. The molecule has 0 radical (unpaired) electrons. The number of hydrogen-bond acceptors (Lipinski definition) is 4. The van der Waals surface area contributed by atoms with Crippen molar-refractivity contribution in [3.8, 4) is 11.5 Å². The molecule has 1 aliphatic carbocycles. The van der Waals surface area contributed by atoms with Gasteiger partial charge in [0.05, 0.1) is 7.11 Å². The fraction of sp³-hybridized carbons (Fsp3) is 0.450. The highest BCUT2D eigenvalue weighted by molar-refractivity contribution is 5.88. The Morgan fingerprint density at radius 1 is 0.956 bits per heavy atom. The lowest BCUT2D eigenvalue weighted by Crippen LogP contribution is -2.25. The van der Waals surface area contributed by atoms with Crippen LogP contribution in [0.25, 0.3) is 11.1 Å². The highest BCUT2D eigenvalue weighted by atomic mass is 16.5. The average Bonchev–Trinajstić information content (AvgIpc) is 3.37. The number of fused-ring (bicyclic) bond motifs is 2. The zero-order valence-corrected chi connectivity index (χ0v) is 29.3. The second kappa shape index (κ2) is 20.2. The van der Waals surface area contributed by atoms with Crippen molar-refractivity contribution in [2.45, 2.75) is 87.5 Å². The molecule has 0 unspecified atom stereocenters. The number of allylic oxidation sites excluding steroid dienone is 5.